The topological polar surface area (TPSA) is 98.4 Å². The Labute approximate surface area is 115 Å². The van der Waals surface area contributed by atoms with Crippen LogP contribution in [-0.2, 0) is 16.9 Å². The molecule has 0 aromatic heterocycles. The average molecular weight is 282 g/mol. The van der Waals surface area contributed by atoms with E-state index in [1.54, 1.807) is 6.26 Å². The number of amides is 1. The fraction of sp³-hybridized carbons (Fsp3) is 0.462. The van der Waals surface area contributed by atoms with Crippen molar-refractivity contribution in [3.63, 3.8) is 0 Å². The molecule has 0 bridgehead atoms. The van der Waals surface area contributed by atoms with E-state index in [1.807, 2.05) is 18.2 Å². The van der Waals surface area contributed by atoms with E-state index in [1.165, 1.54) is 0 Å². The van der Waals surface area contributed by atoms with Gasteiger partial charge in [-0.05, 0) is 36.0 Å². The number of hydrogen-bond acceptors (Lipinski definition) is 3. The Kier molecular flexibility index (Phi) is 4.21. The zero-order valence-electron chi connectivity index (χ0n) is 10.8. The molecule has 6 heteroatoms. The van der Waals surface area contributed by atoms with E-state index in [4.69, 9.17) is 10.8 Å². The standard InChI is InChI=1S/C13H18N2O3S/c1-19(18)7-9-4-10(14)2-3-11(9)12-5-8(12)6-15-13(16)17/h2-4,8,12,15H,5-7,14H2,1H3,(H,16,17). The number of benzene rings is 1. The molecular formula is C13H18N2O3S. The van der Waals surface area contributed by atoms with Gasteiger partial charge in [-0.25, -0.2) is 4.79 Å². The fourth-order valence-electron chi connectivity index (χ4n) is 2.40. The molecule has 1 aromatic carbocycles. The summed E-state index contributed by atoms with van der Waals surface area (Å²) in [6.45, 7) is 0.471. The van der Waals surface area contributed by atoms with E-state index in [-0.39, 0.29) is 0 Å². The molecule has 1 amide bonds. The summed E-state index contributed by atoms with van der Waals surface area (Å²) >= 11 is -0.911. The van der Waals surface area contributed by atoms with Gasteiger partial charge in [-0.1, -0.05) is 17.2 Å². The van der Waals surface area contributed by atoms with Crippen molar-refractivity contribution >= 4 is 23.0 Å². The minimum atomic E-state index is -0.988. The summed E-state index contributed by atoms with van der Waals surface area (Å²) in [5.74, 6) is 1.19. The van der Waals surface area contributed by atoms with E-state index in [0.29, 0.717) is 29.8 Å². The van der Waals surface area contributed by atoms with Crippen molar-refractivity contribution in [3.05, 3.63) is 29.3 Å². The predicted molar refractivity (Wildman–Crippen MR) is 75.5 cm³/mol. The third-order valence-electron chi connectivity index (χ3n) is 3.36. The second-order valence-corrected chi connectivity index (χ2v) is 6.40. The molecule has 1 aromatic rings. The summed E-state index contributed by atoms with van der Waals surface area (Å²) in [6.07, 6.45) is 1.65. The molecule has 1 saturated carbocycles. The highest BCUT2D eigenvalue weighted by atomic mass is 32.2. The van der Waals surface area contributed by atoms with Crippen LogP contribution in [0.4, 0.5) is 10.5 Å². The maximum absolute atomic E-state index is 11.4. The monoisotopic (exact) mass is 282 g/mol. The van der Waals surface area contributed by atoms with Gasteiger partial charge in [-0.2, -0.15) is 0 Å². The molecule has 0 spiro atoms. The van der Waals surface area contributed by atoms with Gasteiger partial charge in [0.05, 0.1) is 6.26 Å². The van der Waals surface area contributed by atoms with Gasteiger partial charge >= 0.3 is 6.09 Å². The van der Waals surface area contributed by atoms with Gasteiger partial charge in [-0.3, -0.25) is 0 Å². The van der Waals surface area contributed by atoms with Gasteiger partial charge in [0, 0.05) is 17.8 Å². The van der Waals surface area contributed by atoms with E-state index < -0.39 is 17.3 Å². The zero-order chi connectivity index (χ0) is 14.0. The van der Waals surface area contributed by atoms with E-state index >= 15 is 0 Å². The van der Waals surface area contributed by atoms with E-state index in [2.05, 4.69) is 5.32 Å². The van der Waals surface area contributed by atoms with Crippen LogP contribution in [0.15, 0.2) is 18.2 Å². The smallest absolute Gasteiger partial charge is 0.404 e. The molecule has 3 atom stereocenters. The van der Waals surface area contributed by atoms with Gasteiger partial charge < -0.3 is 20.7 Å². The van der Waals surface area contributed by atoms with E-state index in [0.717, 1.165) is 17.5 Å². The molecule has 19 heavy (non-hydrogen) atoms. The van der Waals surface area contributed by atoms with Crippen molar-refractivity contribution in [1.29, 1.82) is 0 Å². The van der Waals surface area contributed by atoms with Crippen LogP contribution in [0.1, 0.15) is 23.5 Å². The lowest BCUT2D eigenvalue weighted by molar-refractivity contribution is 0.194. The van der Waals surface area contributed by atoms with Gasteiger partial charge in [0.1, 0.15) is 5.75 Å². The number of nitrogens with two attached hydrogens (primary N) is 1. The fourth-order valence-corrected chi connectivity index (χ4v) is 3.09. The third-order valence-corrected chi connectivity index (χ3v) is 4.08. The highest BCUT2D eigenvalue weighted by Crippen LogP contribution is 2.48. The first-order valence-electron chi connectivity index (χ1n) is 6.12. The van der Waals surface area contributed by atoms with Gasteiger partial charge in [-0.15, -0.1) is 0 Å². The Balaban J connectivity index is 2.06. The average Bonchev–Trinajstić information content (AvgIpc) is 3.05. The Hall–Kier alpha value is -1.40. The summed E-state index contributed by atoms with van der Waals surface area (Å²) in [6, 6.07) is 5.69. The van der Waals surface area contributed by atoms with Gasteiger partial charge in [0.25, 0.3) is 0 Å². The highest BCUT2D eigenvalue weighted by molar-refractivity contribution is 7.89. The van der Waals surface area contributed by atoms with Crippen molar-refractivity contribution in [1.82, 2.24) is 5.32 Å². The number of anilines is 1. The molecule has 0 aliphatic heterocycles. The Morgan fingerprint density at radius 1 is 1.63 bits per heavy atom. The summed E-state index contributed by atoms with van der Waals surface area (Å²) < 4.78 is 11.4. The predicted octanol–water partition coefficient (Wildman–Crippen LogP) is 1.52. The van der Waals surface area contributed by atoms with Crippen LogP contribution in [0, 0.1) is 5.92 Å². The number of nitrogen functional groups attached to an aromatic ring is 1. The Morgan fingerprint density at radius 2 is 2.37 bits per heavy atom. The summed E-state index contributed by atoms with van der Waals surface area (Å²) in [4.78, 5) is 10.5. The SMILES string of the molecule is C[S+]([O-])Cc1cc(N)ccc1C1CC1CNC(=O)O. The van der Waals surface area contributed by atoms with Crippen molar-refractivity contribution < 1.29 is 14.5 Å². The van der Waals surface area contributed by atoms with Crippen LogP contribution in [0.5, 0.6) is 0 Å². The Morgan fingerprint density at radius 3 is 3.00 bits per heavy atom. The molecule has 3 unspecified atom stereocenters. The summed E-state index contributed by atoms with van der Waals surface area (Å²) in [5, 5.41) is 11.0. The number of hydrogen-bond donors (Lipinski definition) is 3. The third kappa shape index (κ3) is 3.78. The first kappa shape index (κ1) is 14.0. The normalized spacial score (nSPS) is 22.8. The van der Waals surface area contributed by atoms with Crippen LogP contribution in [-0.4, -0.2) is 28.6 Å². The first-order chi connectivity index (χ1) is 8.97. The largest absolute Gasteiger partial charge is 0.616 e. The van der Waals surface area contributed by atoms with Crippen molar-refractivity contribution in [3.8, 4) is 0 Å². The quantitative estimate of drug-likeness (QED) is 0.563. The second-order valence-electron chi connectivity index (χ2n) is 4.96. The molecule has 0 heterocycles. The van der Waals surface area contributed by atoms with Crippen molar-refractivity contribution in [2.45, 2.75) is 18.1 Å². The van der Waals surface area contributed by atoms with Crippen molar-refractivity contribution in [2.75, 3.05) is 18.5 Å². The molecule has 104 valence electrons. The molecule has 1 aliphatic rings. The van der Waals surface area contributed by atoms with Crippen LogP contribution < -0.4 is 11.1 Å². The van der Waals surface area contributed by atoms with Crippen LogP contribution >= 0.6 is 0 Å². The molecule has 1 aliphatic carbocycles. The molecule has 5 nitrogen and oxygen atoms in total. The minimum Gasteiger partial charge on any atom is -0.616 e. The molecule has 0 saturated heterocycles. The first-order valence-corrected chi connectivity index (χ1v) is 7.85. The van der Waals surface area contributed by atoms with Crippen LogP contribution in [0.2, 0.25) is 0 Å². The number of carboxylic acid groups (broad SMARTS) is 1. The molecule has 4 N–H and O–H groups in total. The molecule has 0 radical (unpaired) electrons. The highest BCUT2D eigenvalue weighted by Gasteiger charge is 2.39. The number of nitrogens with one attached hydrogen (secondary N) is 1. The number of rotatable bonds is 5. The molecular weight excluding hydrogens is 264 g/mol. The lowest BCUT2D eigenvalue weighted by atomic mass is 10.0. The maximum Gasteiger partial charge on any atom is 0.404 e. The zero-order valence-corrected chi connectivity index (χ0v) is 11.6. The number of carbonyl (C=O) groups is 1. The van der Waals surface area contributed by atoms with E-state index in [9.17, 15) is 9.35 Å². The van der Waals surface area contributed by atoms with Gasteiger partial charge in [0.15, 0.2) is 0 Å². The molecule has 2 rings (SSSR count). The second kappa shape index (κ2) is 5.71. The maximum atomic E-state index is 11.4. The Bertz CT molecular complexity index is 479. The lowest BCUT2D eigenvalue weighted by Gasteiger charge is -2.11. The summed E-state index contributed by atoms with van der Waals surface area (Å²) in [7, 11) is 0. The van der Waals surface area contributed by atoms with Crippen molar-refractivity contribution in [2.24, 2.45) is 5.92 Å². The van der Waals surface area contributed by atoms with Crippen LogP contribution in [0.3, 0.4) is 0 Å². The summed E-state index contributed by atoms with van der Waals surface area (Å²) in [5.41, 5.74) is 8.61. The lowest BCUT2D eigenvalue weighted by Crippen LogP contribution is -2.23. The minimum absolute atomic E-state index is 0.337. The van der Waals surface area contributed by atoms with Gasteiger partial charge in [0.2, 0.25) is 0 Å². The molecule has 1 fully saturated rings. The van der Waals surface area contributed by atoms with Crippen LogP contribution in [0.25, 0.3) is 0 Å².